The molecule has 9 nitrogen and oxygen atoms in total. The van der Waals surface area contributed by atoms with Crippen LogP contribution in [0.5, 0.6) is 0 Å². The van der Waals surface area contributed by atoms with Crippen LogP contribution in [-0.2, 0) is 28.6 Å². The normalized spacial score (nSPS) is 47.6. The van der Waals surface area contributed by atoms with E-state index < -0.39 is 11.2 Å². The molecule has 0 radical (unpaired) electrons. The summed E-state index contributed by atoms with van der Waals surface area (Å²) in [7, 11) is 3.78. The molecule has 11 heteroatoms. The summed E-state index contributed by atoms with van der Waals surface area (Å²) < 4.78 is 20.1. The number of amides is 1. The monoisotopic (exact) mass is 684 g/mol. The number of piperidine rings is 1. The van der Waals surface area contributed by atoms with Gasteiger partial charge in [0.05, 0.1) is 23.9 Å². The van der Waals surface area contributed by atoms with Crippen LogP contribution in [0.4, 0.5) is 0 Å². The number of rotatable bonds is 2. The maximum absolute atomic E-state index is 14.1. The molecule has 3 aliphatic carbocycles. The van der Waals surface area contributed by atoms with E-state index in [-0.39, 0.29) is 65.9 Å². The minimum atomic E-state index is -0.916. The quantitative estimate of drug-likeness (QED) is 0.195. The number of hydrogen-bond donors (Lipinski definition) is 2. The summed E-state index contributed by atoms with van der Waals surface area (Å²) in [6, 6.07) is 0.270. The van der Waals surface area contributed by atoms with Gasteiger partial charge >= 0.3 is 11.9 Å². The summed E-state index contributed by atoms with van der Waals surface area (Å²) >= 11 is 0. The average Bonchev–Trinajstić information content (AvgIpc) is 3.55. The lowest BCUT2D eigenvalue weighted by Crippen LogP contribution is -2.96. The van der Waals surface area contributed by atoms with E-state index in [0.29, 0.717) is 48.3 Å². The van der Waals surface area contributed by atoms with Crippen LogP contribution in [0.15, 0.2) is 35.5 Å². The summed E-state index contributed by atoms with van der Waals surface area (Å²) in [5.41, 5.74) is 6.98. The highest BCUT2D eigenvalue weighted by Gasteiger charge is 2.68. The van der Waals surface area contributed by atoms with Gasteiger partial charge in [0.25, 0.3) is 0 Å². The maximum atomic E-state index is 14.1. The molecule has 256 valence electrons. The van der Waals surface area contributed by atoms with E-state index >= 15 is 0 Å². The van der Waals surface area contributed by atoms with Crippen LogP contribution in [0.25, 0.3) is 0 Å². The van der Waals surface area contributed by atoms with Crippen LogP contribution >= 0.6 is 21.6 Å². The molecule has 0 aromatic rings. The number of fused-ring (bicyclic) bond motifs is 6. The minimum Gasteiger partial charge on any atom is -0.462 e. The Labute approximate surface area is 286 Å². The molecule has 5 saturated heterocycles. The Kier molecular flexibility index (Phi) is 8.42. The highest BCUT2D eigenvalue weighted by Crippen LogP contribution is 2.62. The Balaban J connectivity index is 1.21. The Bertz CT molecular complexity index is 1420. The number of esters is 2. The molecule has 5 heterocycles. The number of carbonyl (C=O) groups is 3. The molecule has 47 heavy (non-hydrogen) atoms. The average molecular weight is 685 g/mol. The first-order valence-corrected chi connectivity index (χ1v) is 20.2. The molecule has 4 N–H and O–H groups in total. The summed E-state index contributed by atoms with van der Waals surface area (Å²) in [6.45, 7) is 7.38. The van der Waals surface area contributed by atoms with Crippen LogP contribution in [0, 0.1) is 35.5 Å². The van der Waals surface area contributed by atoms with Crippen molar-refractivity contribution in [2.24, 2.45) is 41.2 Å². The van der Waals surface area contributed by atoms with Crippen molar-refractivity contribution in [2.45, 2.75) is 113 Å². The molecule has 8 rings (SSSR count). The van der Waals surface area contributed by atoms with Crippen molar-refractivity contribution in [3.8, 4) is 0 Å². The second-order valence-corrected chi connectivity index (χ2v) is 18.3. The topological polar surface area (TPSA) is 125 Å². The van der Waals surface area contributed by atoms with Crippen LogP contribution < -0.4 is 11.1 Å². The number of quaternary nitrogens is 1. The molecular weight excluding hydrogens is 635 g/mol. The van der Waals surface area contributed by atoms with Crippen LogP contribution in [0.1, 0.15) is 72.1 Å². The fraction of sp³-hybridized carbons (Fsp3) is 0.750. The van der Waals surface area contributed by atoms with Gasteiger partial charge in [0.1, 0.15) is 23.5 Å². The Morgan fingerprint density at radius 2 is 2.02 bits per heavy atom. The maximum Gasteiger partial charge on any atom is 0.334 e. The van der Waals surface area contributed by atoms with Crippen molar-refractivity contribution in [3.05, 3.63) is 35.5 Å². The number of allylic oxidation sites excluding steroid dienone is 1. The standard InChI is InChI=1S/C36H49N3O6S2/c1-4-19(2)34(42)45-35(3)10-9-22-18-46-47-28-7-5-21-17-39(33(21)28)30(40)12-24-16-38-29(37)13-25(24)32(22)36(35)15-23-11-20-6-8-31(41)43-26(20)14-27(23)44-36/h4-5,7,9,20-21,23-29,32-33,38H,6,8,10-18,37H2,1-3H3/p+1. The van der Waals surface area contributed by atoms with Crippen LogP contribution in [0.3, 0.4) is 0 Å². The van der Waals surface area contributed by atoms with Crippen molar-refractivity contribution in [1.82, 2.24) is 4.90 Å². The number of hydrogen-bond acceptors (Lipinski definition) is 9. The molecule has 0 aromatic carbocycles. The van der Waals surface area contributed by atoms with Crippen LogP contribution in [-0.4, -0.2) is 82.5 Å². The molecule has 1 saturated carbocycles. The van der Waals surface area contributed by atoms with Gasteiger partial charge in [0.15, 0.2) is 0 Å². The smallest absolute Gasteiger partial charge is 0.334 e. The molecular formula is C36H50N3O6S2+. The molecule has 1 amide bonds. The lowest BCUT2D eigenvalue weighted by atomic mass is 9.56. The minimum absolute atomic E-state index is 0.0562. The largest absolute Gasteiger partial charge is 0.462 e. The lowest BCUT2D eigenvalue weighted by molar-refractivity contribution is -0.706. The predicted octanol–water partition coefficient (Wildman–Crippen LogP) is 3.50. The third kappa shape index (κ3) is 5.36. The summed E-state index contributed by atoms with van der Waals surface area (Å²) in [5.74, 6) is 1.96. The zero-order valence-corrected chi connectivity index (χ0v) is 29.4. The molecule has 0 bridgehead atoms. The van der Waals surface area contributed by atoms with Gasteiger partial charge in [-0.3, -0.25) is 15.3 Å². The number of carbonyl (C=O) groups excluding carboxylic acids is 3. The fourth-order valence-corrected chi connectivity index (χ4v) is 13.5. The number of ether oxygens (including phenoxy) is 3. The molecule has 13 atom stereocenters. The van der Waals surface area contributed by atoms with Gasteiger partial charge in [0, 0.05) is 67.7 Å². The van der Waals surface area contributed by atoms with E-state index in [1.54, 1.807) is 0 Å². The van der Waals surface area contributed by atoms with Gasteiger partial charge in [-0.15, -0.1) is 0 Å². The van der Waals surface area contributed by atoms with Gasteiger partial charge in [-0.1, -0.05) is 51.5 Å². The van der Waals surface area contributed by atoms with Gasteiger partial charge in [-0.25, -0.2) is 4.79 Å². The van der Waals surface area contributed by atoms with Crippen molar-refractivity contribution in [1.29, 1.82) is 0 Å². The first kappa shape index (κ1) is 32.4. The fourth-order valence-electron chi connectivity index (χ4n) is 10.6. The highest BCUT2D eigenvalue weighted by atomic mass is 33.1. The van der Waals surface area contributed by atoms with Crippen molar-refractivity contribution < 1.29 is 33.9 Å². The Morgan fingerprint density at radius 3 is 2.85 bits per heavy atom. The SMILES string of the molecule is CC=C(C)C(=O)OC1(C)CC=C2CSSC3C=CC4CN(C(=O)CC5C[NH2+]C(N)CC5C2C12CC1CC5CCC(=O)OC5CC1O2)C43. The lowest BCUT2D eigenvalue weighted by Gasteiger charge is -2.56. The second kappa shape index (κ2) is 12.2. The molecule has 6 fully saturated rings. The van der Waals surface area contributed by atoms with Crippen molar-refractivity contribution in [3.63, 3.8) is 0 Å². The summed E-state index contributed by atoms with van der Waals surface area (Å²) in [4.78, 5) is 42.1. The van der Waals surface area contributed by atoms with Gasteiger partial charge < -0.3 is 24.4 Å². The van der Waals surface area contributed by atoms with Crippen molar-refractivity contribution in [2.75, 3.05) is 18.8 Å². The van der Waals surface area contributed by atoms with Gasteiger partial charge in [-0.2, -0.15) is 0 Å². The second-order valence-electron chi connectivity index (χ2n) is 15.8. The van der Waals surface area contributed by atoms with Crippen LogP contribution in [0.2, 0.25) is 0 Å². The third-order valence-corrected chi connectivity index (χ3v) is 15.9. The molecule has 8 aliphatic rings. The Hall–Kier alpha value is -1.79. The zero-order valence-electron chi connectivity index (χ0n) is 27.8. The van der Waals surface area contributed by atoms with Gasteiger partial charge in [0.2, 0.25) is 5.91 Å². The van der Waals surface area contributed by atoms with E-state index in [1.165, 1.54) is 5.57 Å². The zero-order chi connectivity index (χ0) is 32.7. The van der Waals surface area contributed by atoms with Gasteiger partial charge in [-0.05, 0) is 57.8 Å². The Morgan fingerprint density at radius 1 is 1.17 bits per heavy atom. The first-order valence-electron chi connectivity index (χ1n) is 17.9. The predicted molar refractivity (Wildman–Crippen MR) is 181 cm³/mol. The molecule has 0 aromatic heterocycles. The van der Waals surface area contributed by atoms with E-state index in [9.17, 15) is 14.4 Å². The summed E-state index contributed by atoms with van der Waals surface area (Å²) in [6.07, 6.45) is 14.1. The van der Waals surface area contributed by atoms with E-state index in [4.69, 9.17) is 19.9 Å². The third-order valence-electron chi connectivity index (χ3n) is 13.2. The van der Waals surface area contributed by atoms with E-state index in [2.05, 4.69) is 35.4 Å². The van der Waals surface area contributed by atoms with Crippen molar-refractivity contribution >= 4 is 39.4 Å². The first-order chi connectivity index (χ1) is 22.6. The number of nitrogens with zero attached hydrogens (tertiary/aromatic N) is 1. The molecule has 1 spiro atoms. The van der Waals surface area contributed by atoms with E-state index in [0.717, 1.165) is 44.5 Å². The number of nitrogens with two attached hydrogens (primary N) is 2. The molecule has 13 unspecified atom stereocenters. The molecule has 5 aliphatic heterocycles. The van der Waals surface area contributed by atoms with E-state index in [1.807, 2.05) is 41.5 Å². The highest BCUT2D eigenvalue weighted by molar-refractivity contribution is 8.77. The summed E-state index contributed by atoms with van der Waals surface area (Å²) in [5, 5.41) is 2.51.